The van der Waals surface area contributed by atoms with Crippen molar-refractivity contribution in [2.75, 3.05) is 0 Å². The fourth-order valence-electron chi connectivity index (χ4n) is 0.840. The molecule has 0 spiro atoms. The SMILES string of the molecule is BC(O)c1ccc(F)cc1F. The number of halogens is 2. The van der Waals surface area contributed by atoms with Crippen LogP contribution in [0.2, 0.25) is 0 Å². The molecule has 0 fully saturated rings. The molecule has 1 aromatic carbocycles. The maximum absolute atomic E-state index is 12.7. The molecule has 0 bridgehead atoms. The first-order chi connectivity index (χ1) is 5.11. The molecule has 0 amide bonds. The number of aliphatic hydroxyl groups excluding tert-OH is 1. The second-order valence-corrected chi connectivity index (χ2v) is 2.34. The van der Waals surface area contributed by atoms with E-state index in [0.29, 0.717) is 0 Å². The van der Waals surface area contributed by atoms with Crippen LogP contribution >= 0.6 is 0 Å². The summed E-state index contributed by atoms with van der Waals surface area (Å²) in [5.74, 6) is -1.34. The highest BCUT2D eigenvalue weighted by molar-refractivity contribution is 6.11. The van der Waals surface area contributed by atoms with Crippen LogP contribution < -0.4 is 0 Å². The van der Waals surface area contributed by atoms with Crippen molar-refractivity contribution in [2.24, 2.45) is 0 Å². The molecule has 11 heavy (non-hydrogen) atoms. The van der Waals surface area contributed by atoms with Gasteiger partial charge in [0, 0.05) is 17.6 Å². The molecule has 58 valence electrons. The van der Waals surface area contributed by atoms with Gasteiger partial charge in [0.05, 0.1) is 0 Å². The van der Waals surface area contributed by atoms with Gasteiger partial charge in [-0.1, -0.05) is 6.07 Å². The third-order valence-corrected chi connectivity index (χ3v) is 1.41. The molecule has 0 aliphatic rings. The van der Waals surface area contributed by atoms with E-state index in [0.717, 1.165) is 12.1 Å². The summed E-state index contributed by atoms with van der Waals surface area (Å²) in [6.07, 6.45) is 0. The lowest BCUT2D eigenvalue weighted by atomic mass is 9.92. The summed E-state index contributed by atoms with van der Waals surface area (Å²) in [5.41, 5.74) is 0.117. The van der Waals surface area contributed by atoms with Crippen molar-refractivity contribution in [2.45, 2.75) is 6.00 Å². The van der Waals surface area contributed by atoms with Gasteiger partial charge in [-0.05, 0) is 6.07 Å². The molecule has 4 heteroatoms. The monoisotopic (exact) mass is 156 g/mol. The summed E-state index contributed by atoms with van der Waals surface area (Å²) in [6, 6.07) is 2.21. The quantitative estimate of drug-likeness (QED) is 0.589. The van der Waals surface area contributed by atoms with Gasteiger partial charge >= 0.3 is 0 Å². The number of hydrogen-bond donors (Lipinski definition) is 1. The number of benzene rings is 1. The highest BCUT2D eigenvalue weighted by atomic mass is 19.1. The van der Waals surface area contributed by atoms with E-state index in [9.17, 15) is 8.78 Å². The Balaban J connectivity index is 3.09. The van der Waals surface area contributed by atoms with Crippen LogP contribution in [0.4, 0.5) is 8.78 Å². The molecule has 0 aliphatic heterocycles. The molecule has 0 saturated carbocycles. The van der Waals surface area contributed by atoms with Crippen LogP contribution in [0.15, 0.2) is 18.2 Å². The summed E-state index contributed by atoms with van der Waals surface area (Å²) < 4.78 is 25.0. The molecular formula is C7H7BF2O. The third-order valence-electron chi connectivity index (χ3n) is 1.41. The van der Waals surface area contributed by atoms with Crippen molar-refractivity contribution in [1.82, 2.24) is 0 Å². The molecule has 1 unspecified atom stereocenters. The second-order valence-electron chi connectivity index (χ2n) is 2.34. The van der Waals surface area contributed by atoms with Gasteiger partial charge in [0.25, 0.3) is 0 Å². The van der Waals surface area contributed by atoms with Crippen molar-refractivity contribution in [3.63, 3.8) is 0 Å². The van der Waals surface area contributed by atoms with E-state index in [-0.39, 0.29) is 5.56 Å². The first kappa shape index (κ1) is 8.20. The standard InChI is InChI=1S/C7H7BF2O/c8-7(11)5-2-1-4(9)3-6(5)10/h1-3,7,11H,8H2. The van der Waals surface area contributed by atoms with Gasteiger partial charge in [0.1, 0.15) is 19.5 Å². The predicted octanol–water partition coefficient (Wildman–Crippen LogP) is 0.589. The van der Waals surface area contributed by atoms with Crippen LogP contribution in [0.25, 0.3) is 0 Å². The molecule has 1 rings (SSSR count). The molecule has 1 aromatic rings. The minimum Gasteiger partial charge on any atom is -0.398 e. The van der Waals surface area contributed by atoms with Crippen LogP contribution in [-0.2, 0) is 0 Å². The fraction of sp³-hybridized carbons (Fsp3) is 0.143. The first-order valence-electron chi connectivity index (χ1n) is 3.24. The zero-order valence-electron chi connectivity index (χ0n) is 6.01. The smallest absolute Gasteiger partial charge is 0.144 e. The zero-order chi connectivity index (χ0) is 8.43. The van der Waals surface area contributed by atoms with E-state index in [2.05, 4.69) is 0 Å². The van der Waals surface area contributed by atoms with Crippen molar-refractivity contribution in [3.05, 3.63) is 35.4 Å². The van der Waals surface area contributed by atoms with Crippen LogP contribution in [0.5, 0.6) is 0 Å². The van der Waals surface area contributed by atoms with Gasteiger partial charge in [-0.15, -0.1) is 0 Å². The summed E-state index contributed by atoms with van der Waals surface area (Å²) in [6.45, 7) is 0. The zero-order valence-corrected chi connectivity index (χ0v) is 6.01. The number of rotatable bonds is 1. The Bertz CT molecular complexity index is 263. The van der Waals surface area contributed by atoms with E-state index in [1.165, 1.54) is 13.9 Å². The predicted molar refractivity (Wildman–Crippen MR) is 39.9 cm³/mol. The first-order valence-corrected chi connectivity index (χ1v) is 3.24. The Morgan fingerprint density at radius 1 is 1.36 bits per heavy atom. The molecule has 1 N–H and O–H groups in total. The Morgan fingerprint density at radius 2 is 2.00 bits per heavy atom. The topological polar surface area (TPSA) is 20.2 Å². The lowest BCUT2D eigenvalue weighted by Crippen LogP contribution is -1.99. The Hall–Kier alpha value is -0.895. The van der Waals surface area contributed by atoms with Crippen molar-refractivity contribution < 1.29 is 13.9 Å². The average molecular weight is 156 g/mol. The normalized spacial score (nSPS) is 13.0. The Morgan fingerprint density at radius 3 is 2.45 bits per heavy atom. The Kier molecular flexibility index (Phi) is 2.24. The van der Waals surface area contributed by atoms with Gasteiger partial charge in [0.2, 0.25) is 0 Å². The van der Waals surface area contributed by atoms with E-state index in [1.54, 1.807) is 0 Å². The third kappa shape index (κ3) is 1.77. The fourth-order valence-corrected chi connectivity index (χ4v) is 0.840. The van der Waals surface area contributed by atoms with Crippen LogP contribution in [0.1, 0.15) is 11.6 Å². The highest BCUT2D eigenvalue weighted by Crippen LogP contribution is 2.14. The molecule has 1 nitrogen and oxygen atoms in total. The van der Waals surface area contributed by atoms with E-state index < -0.39 is 17.6 Å². The Labute approximate surface area is 64.1 Å². The molecule has 0 aliphatic carbocycles. The summed E-state index contributed by atoms with van der Waals surface area (Å²) in [7, 11) is 1.43. The van der Waals surface area contributed by atoms with Gasteiger partial charge in [-0.25, -0.2) is 8.78 Å². The van der Waals surface area contributed by atoms with Crippen LogP contribution in [-0.4, -0.2) is 13.0 Å². The van der Waals surface area contributed by atoms with Crippen molar-refractivity contribution >= 4 is 7.85 Å². The van der Waals surface area contributed by atoms with E-state index in [1.807, 2.05) is 0 Å². The maximum Gasteiger partial charge on any atom is 0.144 e. The van der Waals surface area contributed by atoms with Crippen LogP contribution in [0, 0.1) is 11.6 Å². The second kappa shape index (κ2) is 3.01. The molecule has 0 aromatic heterocycles. The highest BCUT2D eigenvalue weighted by Gasteiger charge is 2.07. The van der Waals surface area contributed by atoms with Gasteiger partial charge < -0.3 is 5.11 Å². The summed E-state index contributed by atoms with van der Waals surface area (Å²) in [5, 5.41) is 8.93. The lowest BCUT2D eigenvalue weighted by Gasteiger charge is -2.04. The molecule has 0 radical (unpaired) electrons. The van der Waals surface area contributed by atoms with E-state index in [4.69, 9.17) is 5.11 Å². The maximum atomic E-state index is 12.7. The van der Waals surface area contributed by atoms with Crippen molar-refractivity contribution in [1.29, 1.82) is 0 Å². The summed E-state index contributed by atoms with van der Waals surface area (Å²) >= 11 is 0. The van der Waals surface area contributed by atoms with E-state index >= 15 is 0 Å². The number of hydrogen-bond acceptors (Lipinski definition) is 1. The average Bonchev–Trinajstić information content (AvgIpc) is 1.85. The molecule has 0 heterocycles. The minimum absolute atomic E-state index is 0.117. The summed E-state index contributed by atoms with van der Waals surface area (Å²) in [4.78, 5) is 0. The molecule has 1 atom stereocenters. The molecule has 0 saturated heterocycles. The van der Waals surface area contributed by atoms with Crippen molar-refractivity contribution in [3.8, 4) is 0 Å². The van der Waals surface area contributed by atoms with Gasteiger partial charge in [-0.2, -0.15) is 0 Å². The lowest BCUT2D eigenvalue weighted by molar-refractivity contribution is 0.256. The van der Waals surface area contributed by atoms with Crippen LogP contribution in [0.3, 0.4) is 0 Å². The molecular weight excluding hydrogens is 149 g/mol. The largest absolute Gasteiger partial charge is 0.398 e. The van der Waals surface area contributed by atoms with Gasteiger partial charge in [-0.3, -0.25) is 0 Å². The van der Waals surface area contributed by atoms with Gasteiger partial charge in [0.15, 0.2) is 0 Å². The minimum atomic E-state index is -0.893. The number of aliphatic hydroxyl groups is 1.